The van der Waals surface area contributed by atoms with Gasteiger partial charge in [-0.15, -0.1) is 10.2 Å². The number of carbonyl (C=O) groups is 1. The molecule has 0 spiro atoms. The van der Waals surface area contributed by atoms with Crippen LogP contribution in [0.1, 0.15) is 21.9 Å². The molecular weight excluding hydrogens is 334 g/mol. The Balaban J connectivity index is 1.80. The molecule has 1 amide bonds. The van der Waals surface area contributed by atoms with Gasteiger partial charge in [0.05, 0.1) is 6.54 Å². The lowest BCUT2D eigenvalue weighted by Gasteiger charge is -2.06. The third-order valence-corrected chi connectivity index (χ3v) is 3.34. The number of aromatic nitrogens is 4. The van der Waals surface area contributed by atoms with Gasteiger partial charge in [0.15, 0.2) is 11.4 Å². The summed E-state index contributed by atoms with van der Waals surface area (Å²) < 4.78 is 0. The molecule has 2 aromatic rings. The molecule has 3 rings (SSSR count). The maximum Gasteiger partial charge on any atom is 0.268 e. The van der Waals surface area contributed by atoms with E-state index in [2.05, 4.69) is 48.3 Å². The van der Waals surface area contributed by atoms with Gasteiger partial charge >= 0.3 is 0 Å². The molecule has 24 heavy (non-hydrogen) atoms. The van der Waals surface area contributed by atoms with E-state index in [-0.39, 0.29) is 17.4 Å². The zero-order chi connectivity index (χ0) is 17.1. The fourth-order valence-corrected chi connectivity index (χ4v) is 2.09. The van der Waals surface area contributed by atoms with Gasteiger partial charge in [0.25, 0.3) is 11.5 Å². The summed E-state index contributed by atoms with van der Waals surface area (Å²) in [7, 11) is 0. The van der Waals surface area contributed by atoms with Gasteiger partial charge in [-0.2, -0.15) is 27.8 Å². The van der Waals surface area contributed by atoms with Gasteiger partial charge in [-0.1, -0.05) is 0 Å². The number of hydrogen-bond acceptors (Lipinski definition) is 9. The van der Waals surface area contributed by atoms with Crippen molar-refractivity contribution in [1.82, 2.24) is 20.2 Å². The van der Waals surface area contributed by atoms with Crippen LogP contribution in [0.15, 0.2) is 33.2 Å². The van der Waals surface area contributed by atoms with Gasteiger partial charge in [0.1, 0.15) is 17.2 Å². The quantitative estimate of drug-likeness (QED) is 0.602. The molecule has 122 valence electrons. The number of amides is 1. The molecule has 10 nitrogen and oxygen atoms in total. The molecule has 3 N–H and O–H groups in total. The first kappa shape index (κ1) is 15.8. The minimum atomic E-state index is -0.853. The highest BCUT2D eigenvalue weighted by Gasteiger charge is 2.19. The summed E-state index contributed by atoms with van der Waals surface area (Å²) in [5, 5.41) is 27.6. The van der Waals surface area contributed by atoms with E-state index in [1.54, 1.807) is 12.1 Å². The van der Waals surface area contributed by atoms with Crippen molar-refractivity contribution >= 4 is 30.1 Å². The maximum absolute atomic E-state index is 12.1. The second kappa shape index (κ2) is 6.58. The number of nitrogens with one attached hydrogen (secondary N) is 2. The van der Waals surface area contributed by atoms with E-state index in [0.717, 1.165) is 0 Å². The van der Waals surface area contributed by atoms with Crippen molar-refractivity contribution in [1.29, 1.82) is 0 Å². The lowest BCUT2D eigenvalue weighted by molar-refractivity contribution is 0.102. The van der Waals surface area contributed by atoms with Crippen molar-refractivity contribution < 1.29 is 9.90 Å². The summed E-state index contributed by atoms with van der Waals surface area (Å²) >= 11 is 3.94. The van der Waals surface area contributed by atoms with Crippen LogP contribution in [-0.4, -0.2) is 37.7 Å². The average molecular weight is 345 g/mol. The molecule has 0 aromatic carbocycles. The molecule has 0 saturated heterocycles. The first-order valence-electron chi connectivity index (χ1n) is 6.74. The zero-order valence-corrected chi connectivity index (χ0v) is 13.0. The number of anilines is 1. The highest BCUT2D eigenvalue weighted by atomic mass is 32.1. The van der Waals surface area contributed by atoms with Crippen molar-refractivity contribution in [3.63, 3.8) is 0 Å². The van der Waals surface area contributed by atoms with Gasteiger partial charge in [0, 0.05) is 5.75 Å². The summed E-state index contributed by atoms with van der Waals surface area (Å²) in [6.45, 7) is 0.493. The normalized spacial score (nSPS) is 13.0. The predicted octanol–water partition coefficient (Wildman–Crippen LogP) is 0.754. The Morgan fingerprint density at radius 1 is 1.38 bits per heavy atom. The number of aromatic hydroxyl groups is 1. The molecule has 1 aliphatic rings. The van der Waals surface area contributed by atoms with Gasteiger partial charge in [-0.25, -0.2) is 0 Å². The Hall–Kier alpha value is -3.08. The first-order chi connectivity index (χ1) is 11.6. The Morgan fingerprint density at radius 2 is 2.21 bits per heavy atom. The van der Waals surface area contributed by atoms with Crippen LogP contribution in [0, 0.1) is 0 Å². The second-order valence-electron chi connectivity index (χ2n) is 4.64. The number of rotatable bonds is 4. The van der Waals surface area contributed by atoms with Crippen LogP contribution in [0.5, 0.6) is 5.88 Å². The minimum Gasteiger partial charge on any atom is -0.493 e. The summed E-state index contributed by atoms with van der Waals surface area (Å²) in [5.41, 5.74) is -0.181. The molecule has 2 aromatic heterocycles. The smallest absolute Gasteiger partial charge is 0.268 e. The van der Waals surface area contributed by atoms with E-state index >= 15 is 0 Å². The van der Waals surface area contributed by atoms with Crippen LogP contribution < -0.4 is 10.9 Å². The lowest BCUT2D eigenvalue weighted by atomic mass is 10.2. The Morgan fingerprint density at radius 3 is 2.79 bits per heavy atom. The number of carbonyl (C=O) groups excluding carboxylic acids is 1. The standard InChI is InChI=1S/C13H11N7O3S/c21-11(10-12(22)16-9(5-24)17-13(10)23)15-8-2-1-6(19-20-8)7-3-4-14-18-7/h1-3,24H,4-5H2,(H,15,20,21)(H2,16,17,22,23). The third-order valence-electron chi connectivity index (χ3n) is 3.04. The van der Waals surface area contributed by atoms with Crippen LogP contribution in [0.3, 0.4) is 0 Å². The Bertz CT molecular complexity index is 905. The van der Waals surface area contributed by atoms with Gasteiger partial charge in [-0.05, 0) is 18.2 Å². The molecule has 3 heterocycles. The highest BCUT2D eigenvalue weighted by molar-refractivity contribution is 7.79. The van der Waals surface area contributed by atoms with Crippen LogP contribution in [-0.2, 0) is 5.75 Å². The number of aromatic amines is 1. The van der Waals surface area contributed by atoms with Crippen molar-refractivity contribution in [2.45, 2.75) is 5.75 Å². The summed E-state index contributed by atoms with van der Waals surface area (Å²) in [5.74, 6) is -1.16. The van der Waals surface area contributed by atoms with E-state index in [4.69, 9.17) is 0 Å². The van der Waals surface area contributed by atoms with E-state index in [1.807, 2.05) is 0 Å². The first-order valence-corrected chi connectivity index (χ1v) is 7.38. The van der Waals surface area contributed by atoms with E-state index in [0.29, 0.717) is 17.9 Å². The fraction of sp³-hybridized carbons (Fsp3) is 0.154. The number of nitrogens with zero attached hydrogens (tertiary/aromatic N) is 5. The zero-order valence-electron chi connectivity index (χ0n) is 12.1. The van der Waals surface area contributed by atoms with Crippen molar-refractivity contribution in [3.8, 4) is 5.88 Å². The molecule has 1 aliphatic heterocycles. The summed E-state index contributed by atoms with van der Waals surface area (Å²) in [6.07, 6.45) is 1.79. The molecular formula is C13H11N7O3S. The van der Waals surface area contributed by atoms with E-state index < -0.39 is 22.9 Å². The van der Waals surface area contributed by atoms with Crippen molar-refractivity contribution in [2.24, 2.45) is 10.2 Å². The van der Waals surface area contributed by atoms with Crippen molar-refractivity contribution in [3.05, 3.63) is 45.6 Å². The Labute approximate surface area is 140 Å². The largest absolute Gasteiger partial charge is 0.493 e. The molecule has 0 aliphatic carbocycles. The lowest BCUT2D eigenvalue weighted by Crippen LogP contribution is -2.25. The molecule has 0 fully saturated rings. The van der Waals surface area contributed by atoms with E-state index in [1.165, 1.54) is 6.07 Å². The van der Waals surface area contributed by atoms with Gasteiger partial charge in [0.2, 0.25) is 5.88 Å². The molecule has 0 saturated carbocycles. The summed E-state index contributed by atoms with van der Waals surface area (Å²) in [4.78, 5) is 30.0. The SMILES string of the molecule is O=C(Nc1ccc(C2=CCN=N2)nn1)c1c(O)nc(CS)[nH]c1=O. The highest BCUT2D eigenvalue weighted by Crippen LogP contribution is 2.18. The number of thiol groups is 1. The summed E-state index contributed by atoms with van der Waals surface area (Å²) in [6, 6.07) is 3.10. The Kier molecular flexibility index (Phi) is 4.33. The van der Waals surface area contributed by atoms with Crippen molar-refractivity contribution in [2.75, 3.05) is 11.9 Å². The minimum absolute atomic E-state index is 0.108. The van der Waals surface area contributed by atoms with Crippen LogP contribution in [0.4, 0.5) is 5.82 Å². The number of azo groups is 1. The topological polar surface area (TPSA) is 146 Å². The van der Waals surface area contributed by atoms with Crippen LogP contribution in [0.2, 0.25) is 0 Å². The van der Waals surface area contributed by atoms with Crippen LogP contribution in [0.25, 0.3) is 5.70 Å². The number of H-pyrrole nitrogens is 1. The molecule has 0 bridgehead atoms. The van der Waals surface area contributed by atoms with E-state index in [9.17, 15) is 14.7 Å². The average Bonchev–Trinajstić information content (AvgIpc) is 3.09. The molecule has 0 unspecified atom stereocenters. The molecule has 11 heteroatoms. The van der Waals surface area contributed by atoms with Gasteiger partial charge < -0.3 is 15.4 Å². The predicted molar refractivity (Wildman–Crippen MR) is 86.9 cm³/mol. The molecule has 0 radical (unpaired) electrons. The van der Waals surface area contributed by atoms with Gasteiger partial charge in [-0.3, -0.25) is 9.59 Å². The fourth-order valence-electron chi connectivity index (χ4n) is 1.94. The monoisotopic (exact) mass is 345 g/mol. The second-order valence-corrected chi connectivity index (χ2v) is 4.96. The number of hydrogen-bond donors (Lipinski definition) is 4. The van der Waals surface area contributed by atoms with Crippen LogP contribution >= 0.6 is 12.6 Å². The third kappa shape index (κ3) is 3.15. The maximum atomic E-state index is 12.1. The molecule has 0 atom stereocenters.